The van der Waals surface area contributed by atoms with Gasteiger partial charge in [0.15, 0.2) is 0 Å². The van der Waals surface area contributed by atoms with Crippen molar-refractivity contribution in [1.82, 2.24) is 5.32 Å². The van der Waals surface area contributed by atoms with Crippen LogP contribution in [0, 0.1) is 0 Å². The molecule has 2 N–H and O–H groups in total. The van der Waals surface area contributed by atoms with Gasteiger partial charge in [0.25, 0.3) is 0 Å². The third-order valence-electron chi connectivity index (χ3n) is 2.28. The third kappa shape index (κ3) is 3.74. The van der Waals surface area contributed by atoms with Gasteiger partial charge in [-0.3, -0.25) is 4.79 Å². The van der Waals surface area contributed by atoms with Crippen LogP contribution in [0.15, 0.2) is 24.3 Å². The summed E-state index contributed by atoms with van der Waals surface area (Å²) in [5, 5.41) is 5.10. The minimum absolute atomic E-state index is 0.131. The summed E-state index contributed by atoms with van der Waals surface area (Å²) in [6.45, 7) is 1.61. The zero-order valence-electron chi connectivity index (χ0n) is 9.43. The molecule has 0 fully saturated rings. The van der Waals surface area contributed by atoms with Crippen LogP contribution in [0.3, 0.4) is 0 Å². The molecule has 6 heteroatoms. The highest BCUT2D eigenvalue weighted by Gasteiger charge is 2.30. The number of likely N-dealkylation sites (N-methyl/N-ethyl adjacent to an activating group) is 1. The fourth-order valence-corrected chi connectivity index (χ4v) is 1.15. The molecule has 1 aromatic carbocycles. The number of anilines is 1. The summed E-state index contributed by atoms with van der Waals surface area (Å²) in [5.74, 6) is -0.383. The lowest BCUT2D eigenvalue weighted by Crippen LogP contribution is -2.35. The van der Waals surface area contributed by atoms with Crippen LogP contribution < -0.4 is 10.6 Å². The smallest absolute Gasteiger partial charge is 0.325 e. The summed E-state index contributed by atoms with van der Waals surface area (Å²) in [4.78, 5) is 11.4. The molecule has 0 heterocycles. The van der Waals surface area contributed by atoms with Crippen molar-refractivity contribution in [2.24, 2.45) is 0 Å². The molecule has 1 amide bonds. The van der Waals surface area contributed by atoms with Gasteiger partial charge in [-0.1, -0.05) is 6.07 Å². The standard InChI is InChI=1S/C11H13F3N2O/c1-7(15-2)10(17)16-9-5-3-4-8(6-9)11(12,13)14/h3-7,15H,1-2H3,(H,16,17)/t7-/m0/s1. The van der Waals surface area contributed by atoms with Gasteiger partial charge >= 0.3 is 6.18 Å². The Morgan fingerprint density at radius 1 is 1.35 bits per heavy atom. The Bertz CT molecular complexity index is 404. The van der Waals surface area contributed by atoms with Crippen molar-refractivity contribution in [2.45, 2.75) is 19.1 Å². The molecule has 0 spiro atoms. The number of hydrogen-bond donors (Lipinski definition) is 2. The van der Waals surface area contributed by atoms with Crippen molar-refractivity contribution >= 4 is 11.6 Å². The van der Waals surface area contributed by atoms with Crippen molar-refractivity contribution in [3.8, 4) is 0 Å². The van der Waals surface area contributed by atoms with Crippen molar-refractivity contribution in [2.75, 3.05) is 12.4 Å². The van der Waals surface area contributed by atoms with Gasteiger partial charge in [-0.2, -0.15) is 13.2 Å². The van der Waals surface area contributed by atoms with Crippen LogP contribution >= 0.6 is 0 Å². The second-order valence-corrected chi connectivity index (χ2v) is 3.58. The first-order chi connectivity index (χ1) is 7.84. The second-order valence-electron chi connectivity index (χ2n) is 3.58. The minimum Gasteiger partial charge on any atom is -0.325 e. The molecule has 0 bridgehead atoms. The molecule has 0 aromatic heterocycles. The van der Waals surface area contributed by atoms with Gasteiger partial charge in [0.2, 0.25) is 5.91 Å². The van der Waals surface area contributed by atoms with Crippen LogP contribution in [0.1, 0.15) is 12.5 Å². The number of halogens is 3. The van der Waals surface area contributed by atoms with E-state index in [1.807, 2.05) is 0 Å². The third-order valence-corrected chi connectivity index (χ3v) is 2.28. The summed E-state index contributed by atoms with van der Waals surface area (Å²) < 4.78 is 37.2. The van der Waals surface area contributed by atoms with Gasteiger partial charge in [0.1, 0.15) is 0 Å². The molecular formula is C11H13F3N2O. The number of hydrogen-bond acceptors (Lipinski definition) is 2. The van der Waals surface area contributed by atoms with Gasteiger partial charge in [0.05, 0.1) is 11.6 Å². The zero-order valence-corrected chi connectivity index (χ0v) is 9.43. The van der Waals surface area contributed by atoms with Gasteiger partial charge in [-0.25, -0.2) is 0 Å². The highest BCUT2D eigenvalue weighted by Crippen LogP contribution is 2.30. The fraction of sp³-hybridized carbons (Fsp3) is 0.364. The highest BCUT2D eigenvalue weighted by atomic mass is 19.4. The van der Waals surface area contributed by atoms with E-state index in [1.165, 1.54) is 12.1 Å². The SMILES string of the molecule is CN[C@@H](C)C(=O)Nc1cccc(C(F)(F)F)c1. The molecule has 0 unspecified atom stereocenters. The Balaban J connectivity index is 2.83. The lowest BCUT2D eigenvalue weighted by atomic mass is 10.2. The molecule has 1 aromatic rings. The van der Waals surface area contributed by atoms with Gasteiger partial charge < -0.3 is 10.6 Å². The fourth-order valence-electron chi connectivity index (χ4n) is 1.15. The molecule has 0 aliphatic heterocycles. The van der Waals surface area contributed by atoms with Crippen LogP contribution in [0.5, 0.6) is 0 Å². The lowest BCUT2D eigenvalue weighted by molar-refractivity contribution is -0.137. The molecule has 17 heavy (non-hydrogen) atoms. The van der Waals surface area contributed by atoms with Crippen LogP contribution in [0.25, 0.3) is 0 Å². The first-order valence-corrected chi connectivity index (χ1v) is 5.00. The molecule has 94 valence electrons. The molecule has 0 aliphatic rings. The second kappa shape index (κ2) is 5.18. The van der Waals surface area contributed by atoms with Crippen LogP contribution in [-0.4, -0.2) is 19.0 Å². The summed E-state index contributed by atoms with van der Waals surface area (Å²) in [5.41, 5.74) is -0.653. The summed E-state index contributed by atoms with van der Waals surface area (Å²) in [6, 6.07) is 4.06. The van der Waals surface area contributed by atoms with E-state index in [4.69, 9.17) is 0 Å². The van der Waals surface area contributed by atoms with Gasteiger partial charge in [-0.05, 0) is 32.2 Å². The zero-order chi connectivity index (χ0) is 13.1. The van der Waals surface area contributed by atoms with Gasteiger partial charge in [-0.15, -0.1) is 0 Å². The molecule has 3 nitrogen and oxygen atoms in total. The average Bonchev–Trinajstić information content (AvgIpc) is 2.27. The molecule has 0 saturated heterocycles. The first kappa shape index (κ1) is 13.5. The summed E-state index contributed by atoms with van der Waals surface area (Å²) in [7, 11) is 1.59. The lowest BCUT2D eigenvalue weighted by Gasteiger charge is -2.12. The Morgan fingerprint density at radius 2 is 2.00 bits per heavy atom. The van der Waals surface area contributed by atoms with E-state index in [0.29, 0.717) is 0 Å². The maximum atomic E-state index is 12.4. The maximum absolute atomic E-state index is 12.4. The maximum Gasteiger partial charge on any atom is 0.416 e. The van der Waals surface area contributed by atoms with Gasteiger partial charge in [0, 0.05) is 5.69 Å². The molecular weight excluding hydrogens is 233 g/mol. The number of alkyl halides is 3. The monoisotopic (exact) mass is 246 g/mol. The Hall–Kier alpha value is -1.56. The highest BCUT2D eigenvalue weighted by molar-refractivity contribution is 5.94. The average molecular weight is 246 g/mol. The largest absolute Gasteiger partial charge is 0.416 e. The quantitative estimate of drug-likeness (QED) is 0.858. The number of amides is 1. The molecule has 0 radical (unpaired) electrons. The van der Waals surface area contributed by atoms with Crippen molar-refractivity contribution in [3.05, 3.63) is 29.8 Å². The molecule has 0 saturated carbocycles. The summed E-state index contributed by atoms with van der Waals surface area (Å²) >= 11 is 0. The van der Waals surface area contributed by atoms with Crippen LogP contribution in [0.2, 0.25) is 0 Å². The van der Waals surface area contributed by atoms with Crippen molar-refractivity contribution in [3.63, 3.8) is 0 Å². The number of carbonyl (C=O) groups is 1. The van der Waals surface area contributed by atoms with Crippen molar-refractivity contribution in [1.29, 1.82) is 0 Å². The normalized spacial score (nSPS) is 13.2. The number of rotatable bonds is 3. The van der Waals surface area contributed by atoms with E-state index in [2.05, 4.69) is 10.6 Å². The predicted molar refractivity (Wildman–Crippen MR) is 58.6 cm³/mol. The van der Waals surface area contributed by atoms with E-state index in [9.17, 15) is 18.0 Å². The van der Waals surface area contributed by atoms with E-state index in [0.717, 1.165) is 12.1 Å². The number of carbonyl (C=O) groups excluding carboxylic acids is 1. The predicted octanol–water partition coefficient (Wildman–Crippen LogP) is 2.25. The molecule has 1 atom stereocenters. The topological polar surface area (TPSA) is 41.1 Å². The first-order valence-electron chi connectivity index (χ1n) is 5.00. The van der Waals surface area contributed by atoms with Crippen LogP contribution in [0.4, 0.5) is 18.9 Å². The van der Waals surface area contributed by atoms with E-state index in [-0.39, 0.29) is 11.6 Å². The minimum atomic E-state index is -4.41. The molecule has 0 aliphatic carbocycles. The Labute approximate surface area is 97.0 Å². The summed E-state index contributed by atoms with van der Waals surface area (Å²) in [6.07, 6.45) is -4.41. The van der Waals surface area contributed by atoms with E-state index < -0.39 is 17.8 Å². The Kier molecular flexibility index (Phi) is 4.11. The molecule has 1 rings (SSSR count). The van der Waals surface area contributed by atoms with E-state index in [1.54, 1.807) is 14.0 Å². The number of benzene rings is 1. The van der Waals surface area contributed by atoms with Crippen LogP contribution in [-0.2, 0) is 11.0 Å². The Morgan fingerprint density at radius 3 is 2.53 bits per heavy atom. The van der Waals surface area contributed by atoms with Crippen molar-refractivity contribution < 1.29 is 18.0 Å². The van der Waals surface area contributed by atoms with E-state index >= 15 is 0 Å². The number of nitrogens with one attached hydrogen (secondary N) is 2.